The fourth-order valence-corrected chi connectivity index (χ4v) is 1.98. The van der Waals surface area contributed by atoms with Crippen molar-refractivity contribution in [1.29, 1.82) is 0 Å². The van der Waals surface area contributed by atoms with E-state index in [4.69, 9.17) is 17.3 Å². The molecule has 1 atom stereocenters. The zero-order chi connectivity index (χ0) is 16.3. The Morgan fingerprint density at radius 3 is 2.73 bits per heavy atom. The maximum absolute atomic E-state index is 13.3. The van der Waals surface area contributed by atoms with Gasteiger partial charge in [-0.25, -0.2) is 19.4 Å². The van der Waals surface area contributed by atoms with E-state index in [-0.39, 0.29) is 5.02 Å². The Bertz CT molecular complexity index is 662. The molecule has 0 aliphatic rings. The Labute approximate surface area is 134 Å². The quantitative estimate of drug-likeness (QED) is 0.651. The molecule has 0 spiro atoms. The largest absolute Gasteiger partial charge is 0.307 e. The number of benzene rings is 1. The number of aromatic nitrogens is 2. The minimum Gasteiger partial charge on any atom is -0.307 e. The highest BCUT2D eigenvalue weighted by atomic mass is 35.5. The highest BCUT2D eigenvalue weighted by Crippen LogP contribution is 2.24. The zero-order valence-corrected chi connectivity index (χ0v) is 13.5. The first-order chi connectivity index (χ1) is 10.3. The monoisotopic (exact) mass is 323 g/mol. The van der Waals surface area contributed by atoms with Crippen LogP contribution in [-0.4, -0.2) is 15.6 Å². The van der Waals surface area contributed by atoms with Crippen molar-refractivity contribution in [3.05, 3.63) is 47.0 Å². The molecule has 1 heterocycles. The van der Waals surface area contributed by atoms with E-state index >= 15 is 0 Å². The van der Waals surface area contributed by atoms with Gasteiger partial charge in [0, 0.05) is 11.9 Å². The molecule has 0 radical (unpaired) electrons. The Kier molecular flexibility index (Phi) is 4.83. The number of nitrogens with zero attached hydrogens (tertiary/aromatic N) is 3. The van der Waals surface area contributed by atoms with E-state index in [1.54, 1.807) is 23.3 Å². The van der Waals surface area contributed by atoms with E-state index in [1.165, 1.54) is 12.1 Å². The van der Waals surface area contributed by atoms with Gasteiger partial charge in [0.25, 0.3) is 0 Å². The highest BCUT2D eigenvalue weighted by Gasteiger charge is 2.28. The number of aryl methyl sites for hydroxylation is 1. The average molecular weight is 324 g/mol. The van der Waals surface area contributed by atoms with Gasteiger partial charge in [0.1, 0.15) is 11.5 Å². The van der Waals surface area contributed by atoms with Crippen molar-refractivity contribution in [2.75, 3.05) is 10.4 Å². The normalized spacial score (nSPS) is 13.5. The summed E-state index contributed by atoms with van der Waals surface area (Å²) in [6.07, 6.45) is 2.31. The summed E-state index contributed by atoms with van der Waals surface area (Å²) < 4.78 is 13.3. The van der Waals surface area contributed by atoms with Crippen molar-refractivity contribution in [2.45, 2.75) is 32.9 Å². The van der Waals surface area contributed by atoms with Gasteiger partial charge >= 0.3 is 0 Å². The van der Waals surface area contributed by atoms with E-state index in [0.29, 0.717) is 18.1 Å². The van der Waals surface area contributed by atoms with Crippen LogP contribution in [0.2, 0.25) is 5.02 Å². The summed E-state index contributed by atoms with van der Waals surface area (Å²) in [5.74, 6) is -0.0381. The number of hydrazine groups is 1. The van der Waals surface area contributed by atoms with Crippen LogP contribution in [0.4, 0.5) is 16.0 Å². The minimum absolute atomic E-state index is 0.0327. The molecule has 0 aliphatic heterocycles. The van der Waals surface area contributed by atoms with E-state index in [2.05, 4.69) is 15.4 Å². The lowest BCUT2D eigenvalue weighted by atomic mass is 10.1. The molecular weight excluding hydrogens is 305 g/mol. The van der Waals surface area contributed by atoms with Crippen molar-refractivity contribution >= 4 is 23.2 Å². The second-order valence-electron chi connectivity index (χ2n) is 5.28. The van der Waals surface area contributed by atoms with Crippen molar-refractivity contribution in [3.63, 3.8) is 0 Å². The Morgan fingerprint density at radius 1 is 1.41 bits per heavy atom. The van der Waals surface area contributed by atoms with Crippen LogP contribution in [0.3, 0.4) is 0 Å². The predicted molar refractivity (Wildman–Crippen MR) is 87.2 cm³/mol. The fraction of sp³-hybridized carbons (Fsp3) is 0.333. The molecule has 2 aromatic rings. The maximum Gasteiger partial charge on any atom is 0.246 e. The Morgan fingerprint density at radius 2 is 2.14 bits per heavy atom. The first kappa shape index (κ1) is 16.5. The third kappa shape index (κ3) is 3.64. The zero-order valence-electron chi connectivity index (χ0n) is 12.8. The van der Waals surface area contributed by atoms with Crippen LogP contribution in [0.25, 0.3) is 0 Å². The molecule has 7 heteroatoms. The summed E-state index contributed by atoms with van der Waals surface area (Å²) >= 11 is 5.82. The van der Waals surface area contributed by atoms with Crippen molar-refractivity contribution in [1.82, 2.24) is 9.97 Å². The summed E-state index contributed by atoms with van der Waals surface area (Å²) in [5.41, 5.74) is 10.1. The summed E-state index contributed by atoms with van der Waals surface area (Å²) in [5, 5.41) is 1.69. The van der Waals surface area contributed by atoms with Gasteiger partial charge in [-0.2, -0.15) is 0 Å². The first-order valence-corrected chi connectivity index (χ1v) is 7.32. The van der Waals surface area contributed by atoms with Crippen LogP contribution in [-0.2, 0) is 0 Å². The third-order valence-electron chi connectivity index (χ3n) is 3.37. The number of nitrogens with one attached hydrogen (secondary N) is 1. The number of nitrogens with two attached hydrogens (primary N) is 1. The molecular formula is C15H19ClFN5. The molecule has 118 valence electrons. The molecule has 0 amide bonds. The molecule has 1 unspecified atom stereocenters. The molecule has 5 nitrogen and oxygen atoms in total. The van der Waals surface area contributed by atoms with Gasteiger partial charge in [0.2, 0.25) is 5.95 Å². The minimum atomic E-state index is -0.741. The summed E-state index contributed by atoms with van der Waals surface area (Å²) in [6, 6.07) is 6.16. The molecule has 0 bridgehead atoms. The fourth-order valence-electron chi connectivity index (χ4n) is 1.80. The lowest BCUT2D eigenvalue weighted by molar-refractivity contribution is 0.436. The molecule has 2 rings (SSSR count). The van der Waals surface area contributed by atoms with E-state index < -0.39 is 11.5 Å². The number of halogens is 2. The smallest absolute Gasteiger partial charge is 0.246 e. The lowest BCUT2D eigenvalue weighted by Crippen LogP contribution is -2.57. The van der Waals surface area contributed by atoms with Gasteiger partial charge < -0.3 is 5.73 Å². The maximum atomic E-state index is 13.3. The molecule has 22 heavy (non-hydrogen) atoms. The molecule has 1 aromatic carbocycles. The van der Waals surface area contributed by atoms with Crippen LogP contribution in [0.15, 0.2) is 30.5 Å². The molecule has 0 fully saturated rings. The first-order valence-electron chi connectivity index (χ1n) is 6.94. The lowest BCUT2D eigenvalue weighted by Gasteiger charge is -2.38. The second kappa shape index (κ2) is 6.46. The highest BCUT2D eigenvalue weighted by molar-refractivity contribution is 6.31. The standard InChI is InChI=1S/C15H19ClFN5/c1-4-15(3,18)22(14-19-8-7-10(2)20-14)21-11-5-6-13(17)12(16)9-11/h5-9,21H,4,18H2,1-3H3. The van der Waals surface area contributed by atoms with Crippen molar-refractivity contribution in [3.8, 4) is 0 Å². The molecule has 0 saturated carbocycles. The van der Waals surface area contributed by atoms with Gasteiger partial charge in [-0.05, 0) is 44.5 Å². The van der Waals surface area contributed by atoms with Crippen LogP contribution in [0.1, 0.15) is 26.0 Å². The summed E-state index contributed by atoms with van der Waals surface area (Å²) in [4.78, 5) is 8.64. The van der Waals surface area contributed by atoms with Crippen LogP contribution in [0, 0.1) is 12.7 Å². The molecule has 3 N–H and O–H groups in total. The summed E-state index contributed by atoms with van der Waals surface area (Å²) in [7, 11) is 0. The number of rotatable bonds is 5. The van der Waals surface area contributed by atoms with Gasteiger partial charge in [-0.15, -0.1) is 0 Å². The predicted octanol–water partition coefficient (Wildman–Crippen LogP) is 3.50. The Balaban J connectivity index is 2.39. The number of anilines is 2. The van der Waals surface area contributed by atoms with Crippen LogP contribution >= 0.6 is 11.6 Å². The van der Waals surface area contributed by atoms with E-state index in [1.807, 2.05) is 20.8 Å². The van der Waals surface area contributed by atoms with Gasteiger partial charge in [0.05, 0.1) is 10.7 Å². The average Bonchev–Trinajstić information content (AvgIpc) is 2.48. The second-order valence-corrected chi connectivity index (χ2v) is 5.69. The topological polar surface area (TPSA) is 67.1 Å². The molecule has 0 saturated heterocycles. The van der Waals surface area contributed by atoms with E-state index in [0.717, 1.165) is 5.69 Å². The van der Waals surface area contributed by atoms with Crippen molar-refractivity contribution in [2.24, 2.45) is 5.73 Å². The molecule has 1 aromatic heterocycles. The van der Waals surface area contributed by atoms with Gasteiger partial charge in [0.15, 0.2) is 0 Å². The number of hydrogen-bond acceptors (Lipinski definition) is 5. The summed E-state index contributed by atoms with van der Waals surface area (Å²) in [6.45, 7) is 5.69. The van der Waals surface area contributed by atoms with Crippen LogP contribution < -0.4 is 16.2 Å². The van der Waals surface area contributed by atoms with Gasteiger partial charge in [-0.3, -0.25) is 5.43 Å². The van der Waals surface area contributed by atoms with Gasteiger partial charge in [-0.1, -0.05) is 18.5 Å². The Hall–Kier alpha value is -1.92. The third-order valence-corrected chi connectivity index (χ3v) is 3.66. The van der Waals surface area contributed by atoms with E-state index in [9.17, 15) is 4.39 Å². The number of hydrogen-bond donors (Lipinski definition) is 2. The SMILES string of the molecule is CCC(C)(N)N(Nc1ccc(F)c(Cl)c1)c1nccc(C)n1. The molecule has 0 aliphatic carbocycles. The van der Waals surface area contributed by atoms with Crippen molar-refractivity contribution < 1.29 is 4.39 Å². The van der Waals surface area contributed by atoms with Crippen LogP contribution in [0.5, 0.6) is 0 Å².